The number of amides is 2. The molecule has 2 amide bonds. The zero-order valence-corrected chi connectivity index (χ0v) is 14.7. The van der Waals surface area contributed by atoms with Crippen LogP contribution in [-0.4, -0.2) is 41.3 Å². The Morgan fingerprint density at radius 1 is 1.52 bits per heavy atom. The van der Waals surface area contributed by atoms with Crippen LogP contribution in [0.3, 0.4) is 0 Å². The van der Waals surface area contributed by atoms with Gasteiger partial charge in [-0.05, 0) is 18.1 Å². The average molecular weight is 375 g/mol. The third kappa shape index (κ3) is 3.08. The number of carbonyl (C=O) groups is 2. The van der Waals surface area contributed by atoms with Gasteiger partial charge in [-0.15, -0.1) is 23.1 Å². The zero-order valence-electron chi connectivity index (χ0n) is 12.3. The number of nitrogens with one attached hydrogen (secondary N) is 1. The number of nitrogens with zero attached hydrogens (tertiary/aromatic N) is 1. The van der Waals surface area contributed by atoms with E-state index in [1.54, 1.807) is 16.4 Å². The van der Waals surface area contributed by atoms with Crippen LogP contribution in [0.15, 0.2) is 16.2 Å². The molecule has 9 heteroatoms. The summed E-state index contributed by atoms with van der Waals surface area (Å²) >= 11 is 8.79. The van der Waals surface area contributed by atoms with Crippen molar-refractivity contribution in [3.05, 3.63) is 31.5 Å². The SMILES string of the molecule is COC1=C(Cl)SCC1C(=O)N1CCc2cc(C(=O)NO)sc2C1. The third-order valence-electron chi connectivity index (χ3n) is 3.92. The van der Waals surface area contributed by atoms with E-state index in [0.29, 0.717) is 40.3 Å². The van der Waals surface area contributed by atoms with Crippen LogP contribution in [-0.2, 0) is 22.5 Å². The maximum Gasteiger partial charge on any atom is 0.284 e. The van der Waals surface area contributed by atoms with E-state index in [0.717, 1.165) is 10.4 Å². The largest absolute Gasteiger partial charge is 0.498 e. The van der Waals surface area contributed by atoms with E-state index in [1.807, 2.05) is 0 Å². The number of ether oxygens (including phenoxy) is 1. The molecule has 1 unspecified atom stereocenters. The number of fused-ring (bicyclic) bond motifs is 1. The van der Waals surface area contributed by atoms with Gasteiger partial charge in [0.25, 0.3) is 5.91 Å². The lowest BCUT2D eigenvalue weighted by Gasteiger charge is -2.29. The topological polar surface area (TPSA) is 78.9 Å². The highest BCUT2D eigenvalue weighted by Gasteiger charge is 2.36. The summed E-state index contributed by atoms with van der Waals surface area (Å²) in [6.07, 6.45) is 0.690. The molecule has 124 valence electrons. The molecule has 2 aliphatic rings. The number of thiophene rings is 1. The number of thioether (sulfide) groups is 1. The second kappa shape index (κ2) is 6.72. The first-order chi connectivity index (χ1) is 11.0. The Labute approximate surface area is 146 Å². The highest BCUT2D eigenvalue weighted by Crippen LogP contribution is 2.40. The Hall–Kier alpha value is -1.22. The minimum Gasteiger partial charge on any atom is -0.498 e. The van der Waals surface area contributed by atoms with Gasteiger partial charge in [0.05, 0.1) is 18.5 Å². The molecule has 0 saturated heterocycles. The van der Waals surface area contributed by atoms with Crippen molar-refractivity contribution < 1.29 is 19.5 Å². The van der Waals surface area contributed by atoms with Crippen LogP contribution in [0.2, 0.25) is 0 Å². The first-order valence-corrected chi connectivity index (χ1v) is 9.14. The molecule has 0 radical (unpaired) electrons. The van der Waals surface area contributed by atoms with Gasteiger partial charge in [0.1, 0.15) is 16.0 Å². The molecule has 0 fully saturated rings. The van der Waals surface area contributed by atoms with Crippen molar-refractivity contribution in [1.29, 1.82) is 0 Å². The second-order valence-corrected chi connectivity index (χ2v) is 7.98. The molecule has 0 aliphatic carbocycles. The Balaban J connectivity index is 1.76. The van der Waals surface area contributed by atoms with Gasteiger partial charge in [-0.3, -0.25) is 14.8 Å². The van der Waals surface area contributed by atoms with Gasteiger partial charge in [-0.2, -0.15) is 0 Å². The number of rotatable bonds is 3. The van der Waals surface area contributed by atoms with Gasteiger partial charge >= 0.3 is 0 Å². The minimum absolute atomic E-state index is 0.00258. The highest BCUT2D eigenvalue weighted by molar-refractivity contribution is 8.04. The normalized spacial score (nSPS) is 20.5. The molecule has 6 nitrogen and oxygen atoms in total. The maximum atomic E-state index is 12.7. The van der Waals surface area contributed by atoms with E-state index in [9.17, 15) is 9.59 Å². The van der Waals surface area contributed by atoms with Crippen molar-refractivity contribution in [3.8, 4) is 0 Å². The van der Waals surface area contributed by atoms with Crippen LogP contribution in [0.5, 0.6) is 0 Å². The molecule has 0 aromatic carbocycles. The summed E-state index contributed by atoms with van der Waals surface area (Å²) in [7, 11) is 1.53. The summed E-state index contributed by atoms with van der Waals surface area (Å²) in [5.74, 6) is 0.258. The lowest BCUT2D eigenvalue weighted by Crippen LogP contribution is -2.40. The van der Waals surface area contributed by atoms with Gasteiger partial charge in [0.2, 0.25) is 5.91 Å². The summed E-state index contributed by atoms with van der Waals surface area (Å²) in [5, 5.41) is 8.72. The van der Waals surface area contributed by atoms with Crippen molar-refractivity contribution >= 4 is 46.5 Å². The maximum absolute atomic E-state index is 12.7. The smallest absolute Gasteiger partial charge is 0.284 e. The number of methoxy groups -OCH3 is 1. The molecule has 23 heavy (non-hydrogen) atoms. The molecule has 2 aliphatic heterocycles. The van der Waals surface area contributed by atoms with Gasteiger partial charge in [0, 0.05) is 17.2 Å². The zero-order chi connectivity index (χ0) is 16.6. The number of hydrogen-bond donors (Lipinski definition) is 2. The second-order valence-electron chi connectivity index (χ2n) is 5.22. The Morgan fingerprint density at radius 3 is 3.00 bits per heavy atom. The summed E-state index contributed by atoms with van der Waals surface area (Å²) in [5.41, 5.74) is 2.69. The molecule has 0 spiro atoms. The van der Waals surface area contributed by atoms with Crippen molar-refractivity contribution in [2.24, 2.45) is 5.92 Å². The van der Waals surface area contributed by atoms with Crippen LogP contribution in [0.4, 0.5) is 0 Å². The summed E-state index contributed by atoms with van der Waals surface area (Å²) in [6.45, 7) is 1.06. The molecule has 1 aromatic heterocycles. The molecule has 3 heterocycles. The van der Waals surface area contributed by atoms with Crippen molar-refractivity contribution in [2.75, 3.05) is 19.4 Å². The molecule has 0 bridgehead atoms. The number of hydroxylamine groups is 1. The monoisotopic (exact) mass is 374 g/mol. The molecular weight excluding hydrogens is 360 g/mol. The van der Waals surface area contributed by atoms with Crippen molar-refractivity contribution in [1.82, 2.24) is 10.4 Å². The fraction of sp³-hybridized carbons (Fsp3) is 0.429. The Kier molecular flexibility index (Phi) is 4.86. The van der Waals surface area contributed by atoms with Crippen LogP contribution >= 0.6 is 34.7 Å². The van der Waals surface area contributed by atoms with Crippen molar-refractivity contribution in [2.45, 2.75) is 13.0 Å². The fourth-order valence-electron chi connectivity index (χ4n) is 2.74. The molecule has 1 aromatic rings. The minimum atomic E-state index is -0.522. The fourth-order valence-corrected chi connectivity index (χ4v) is 5.23. The predicted octanol–water partition coefficient (Wildman–Crippen LogP) is 2.17. The van der Waals surface area contributed by atoms with E-state index in [4.69, 9.17) is 21.5 Å². The molecular formula is C14H15ClN2O4S2. The van der Waals surface area contributed by atoms with E-state index in [-0.39, 0.29) is 11.8 Å². The first-order valence-electron chi connectivity index (χ1n) is 6.96. The van der Waals surface area contributed by atoms with E-state index in [2.05, 4.69) is 0 Å². The van der Waals surface area contributed by atoms with Gasteiger partial charge in [-0.1, -0.05) is 11.6 Å². The van der Waals surface area contributed by atoms with Crippen LogP contribution < -0.4 is 5.48 Å². The lowest BCUT2D eigenvalue weighted by atomic mass is 10.0. The summed E-state index contributed by atoms with van der Waals surface area (Å²) in [4.78, 5) is 27.4. The van der Waals surface area contributed by atoms with Gasteiger partial charge in [-0.25, -0.2) is 5.48 Å². The van der Waals surface area contributed by atoms with E-state index < -0.39 is 5.91 Å². The number of carbonyl (C=O) groups excluding carboxylic acids is 2. The third-order valence-corrected chi connectivity index (χ3v) is 6.55. The Bertz CT molecular complexity index is 688. The molecule has 1 atom stereocenters. The molecule has 0 saturated carbocycles. The first kappa shape index (κ1) is 16.6. The van der Waals surface area contributed by atoms with Gasteiger partial charge < -0.3 is 9.64 Å². The number of halogens is 1. The summed E-state index contributed by atoms with van der Waals surface area (Å²) < 4.78 is 5.81. The van der Waals surface area contributed by atoms with Gasteiger partial charge in [0.15, 0.2) is 0 Å². The lowest BCUT2D eigenvalue weighted by molar-refractivity contribution is -0.135. The highest BCUT2D eigenvalue weighted by atomic mass is 35.5. The van der Waals surface area contributed by atoms with Crippen LogP contribution in [0.1, 0.15) is 20.1 Å². The molecule has 3 rings (SSSR count). The van der Waals surface area contributed by atoms with E-state index in [1.165, 1.54) is 30.2 Å². The number of hydrogen-bond acceptors (Lipinski definition) is 6. The quantitative estimate of drug-likeness (QED) is 0.626. The summed E-state index contributed by atoms with van der Waals surface area (Å²) in [6, 6.07) is 1.77. The van der Waals surface area contributed by atoms with Crippen LogP contribution in [0, 0.1) is 5.92 Å². The van der Waals surface area contributed by atoms with E-state index >= 15 is 0 Å². The average Bonchev–Trinajstić information content (AvgIpc) is 3.15. The Morgan fingerprint density at radius 2 is 2.30 bits per heavy atom. The standard InChI is InChI=1S/C14H15ClN2O4S2/c1-21-11-8(6-22-12(11)15)14(19)17-3-2-7-4-9(13(18)16-20)23-10(7)5-17/h4,8,20H,2-3,5-6H2,1H3,(H,16,18). The molecule has 2 N–H and O–H groups in total. The van der Waals surface area contributed by atoms with Crippen LogP contribution in [0.25, 0.3) is 0 Å². The predicted molar refractivity (Wildman–Crippen MR) is 88.5 cm³/mol. The van der Waals surface area contributed by atoms with Crippen molar-refractivity contribution in [3.63, 3.8) is 0 Å².